The van der Waals surface area contributed by atoms with Crippen molar-refractivity contribution in [3.63, 3.8) is 0 Å². The predicted octanol–water partition coefficient (Wildman–Crippen LogP) is 6.77. The van der Waals surface area contributed by atoms with Crippen molar-refractivity contribution in [3.05, 3.63) is 41.2 Å². The van der Waals surface area contributed by atoms with Crippen LogP contribution in [0.3, 0.4) is 0 Å². The van der Waals surface area contributed by atoms with Gasteiger partial charge in [-0.25, -0.2) is 4.39 Å². The minimum absolute atomic E-state index is 0.0519. The molecule has 1 aromatic carbocycles. The molecule has 1 heterocycles. The molecule has 1 saturated heterocycles. The fourth-order valence-corrected chi connectivity index (χ4v) is 6.65. The molecule has 2 heteroatoms. The highest BCUT2D eigenvalue weighted by atomic mass is 19.1. The first kappa shape index (κ1) is 18.7. The lowest BCUT2D eigenvalue weighted by Crippen LogP contribution is -2.52. The van der Waals surface area contributed by atoms with Crippen LogP contribution in [0.2, 0.25) is 0 Å². The Morgan fingerprint density at radius 2 is 1.89 bits per heavy atom. The Hall–Kier alpha value is -1.31. The zero-order valence-electron chi connectivity index (χ0n) is 17.8. The van der Waals surface area contributed by atoms with Gasteiger partial charge in [0.2, 0.25) is 0 Å². The summed E-state index contributed by atoms with van der Waals surface area (Å²) in [5, 5.41) is 0. The predicted molar refractivity (Wildman–Crippen MR) is 115 cm³/mol. The maximum atomic E-state index is 15.1. The van der Waals surface area contributed by atoms with Gasteiger partial charge < -0.3 is 4.90 Å². The van der Waals surface area contributed by atoms with E-state index in [1.165, 1.54) is 62.5 Å². The molecule has 4 aliphatic carbocycles. The Morgan fingerprint density at radius 3 is 2.54 bits per heavy atom. The van der Waals surface area contributed by atoms with Crippen LogP contribution in [-0.4, -0.2) is 18.0 Å². The van der Waals surface area contributed by atoms with Crippen LogP contribution in [0.25, 0.3) is 5.70 Å². The summed E-state index contributed by atoms with van der Waals surface area (Å²) >= 11 is 0. The fourth-order valence-electron chi connectivity index (χ4n) is 6.65. The van der Waals surface area contributed by atoms with Crippen molar-refractivity contribution >= 4 is 5.70 Å². The van der Waals surface area contributed by atoms with Crippen molar-refractivity contribution in [1.29, 1.82) is 0 Å². The van der Waals surface area contributed by atoms with Gasteiger partial charge in [-0.1, -0.05) is 20.4 Å². The molecule has 0 N–H and O–H groups in total. The third-order valence-corrected chi connectivity index (χ3v) is 8.83. The quantitative estimate of drug-likeness (QED) is 0.525. The van der Waals surface area contributed by atoms with Crippen LogP contribution in [-0.2, 0) is 6.42 Å². The van der Waals surface area contributed by atoms with E-state index in [1.54, 1.807) is 0 Å². The molecule has 2 bridgehead atoms. The van der Waals surface area contributed by atoms with E-state index in [-0.39, 0.29) is 5.82 Å². The number of hydrogen-bond donors (Lipinski definition) is 0. The first-order valence-corrected chi connectivity index (χ1v) is 11.7. The first-order valence-electron chi connectivity index (χ1n) is 11.7. The van der Waals surface area contributed by atoms with Crippen molar-refractivity contribution < 1.29 is 4.39 Å². The number of nitrogens with zero attached hydrogens (tertiary/aromatic N) is 1. The van der Waals surface area contributed by atoms with Gasteiger partial charge in [-0.15, -0.1) is 0 Å². The lowest BCUT2D eigenvalue weighted by molar-refractivity contribution is -0.106. The fraction of sp³-hybridized carbons (Fsp3) is 0.692. The smallest absolute Gasteiger partial charge is 0.132 e. The van der Waals surface area contributed by atoms with E-state index in [4.69, 9.17) is 0 Å². The highest BCUT2D eigenvalue weighted by Gasteiger charge is 2.53. The number of benzene rings is 1. The lowest BCUT2D eigenvalue weighted by Gasteiger charge is -2.60. The molecule has 4 saturated carbocycles. The van der Waals surface area contributed by atoms with E-state index in [1.807, 2.05) is 6.07 Å². The van der Waals surface area contributed by atoms with E-state index in [9.17, 15) is 0 Å². The molecule has 5 aliphatic rings. The monoisotopic (exact) mass is 381 g/mol. The van der Waals surface area contributed by atoms with Crippen LogP contribution in [0, 0.1) is 29.0 Å². The summed E-state index contributed by atoms with van der Waals surface area (Å²) in [6.45, 7) is 11.3. The molecular formula is C26H36FN. The summed E-state index contributed by atoms with van der Waals surface area (Å²) in [4.78, 5) is 2.27. The Balaban J connectivity index is 1.34. The van der Waals surface area contributed by atoms with Crippen molar-refractivity contribution in [2.45, 2.75) is 77.6 Å². The summed E-state index contributed by atoms with van der Waals surface area (Å²) in [7, 11) is 0. The Labute approximate surface area is 170 Å². The molecule has 5 fully saturated rings. The summed E-state index contributed by atoms with van der Waals surface area (Å²) in [6.07, 6.45) is 11.5. The number of likely N-dealkylation sites (tertiary alicyclic amines) is 1. The van der Waals surface area contributed by atoms with Gasteiger partial charge in [0.25, 0.3) is 0 Å². The van der Waals surface area contributed by atoms with Crippen LogP contribution < -0.4 is 0 Å². The summed E-state index contributed by atoms with van der Waals surface area (Å²) in [6, 6.07) is 4.05. The van der Waals surface area contributed by atoms with E-state index in [0.717, 1.165) is 48.5 Å². The number of fused-ring (bicyclic) bond motifs is 2. The summed E-state index contributed by atoms with van der Waals surface area (Å²) in [5.74, 6) is 3.31. The zero-order valence-corrected chi connectivity index (χ0v) is 17.8. The van der Waals surface area contributed by atoms with Crippen LogP contribution in [0.5, 0.6) is 0 Å². The topological polar surface area (TPSA) is 3.24 Å². The molecule has 0 radical (unpaired) electrons. The minimum atomic E-state index is -0.0519. The van der Waals surface area contributed by atoms with Gasteiger partial charge in [-0.05, 0) is 110 Å². The Kier molecular flexibility index (Phi) is 4.60. The van der Waals surface area contributed by atoms with E-state index in [2.05, 4.69) is 31.4 Å². The largest absolute Gasteiger partial charge is 0.371 e. The molecule has 3 unspecified atom stereocenters. The minimum Gasteiger partial charge on any atom is -0.371 e. The Bertz CT molecular complexity index is 767. The van der Waals surface area contributed by atoms with Gasteiger partial charge in [0, 0.05) is 24.4 Å². The lowest BCUT2D eigenvalue weighted by atomic mass is 9.45. The summed E-state index contributed by atoms with van der Waals surface area (Å²) < 4.78 is 15.1. The average molecular weight is 382 g/mol. The van der Waals surface area contributed by atoms with Gasteiger partial charge >= 0.3 is 0 Å². The van der Waals surface area contributed by atoms with Gasteiger partial charge in [-0.2, -0.15) is 0 Å². The standard InChI is InChI=1S/C26H36FN/c1-17(28-12-4-5-13-28)22-16-23(18-6-7-18)20(14-25(22)27)9-8-19-10-11-21-15-24(19)26(21,2)3/h14,16,18-19,21,24H,1,4-13,15H2,2-3H3. The maximum Gasteiger partial charge on any atom is 0.132 e. The van der Waals surface area contributed by atoms with Crippen LogP contribution in [0.15, 0.2) is 18.7 Å². The summed E-state index contributed by atoms with van der Waals surface area (Å²) in [5.41, 5.74) is 4.92. The average Bonchev–Trinajstić information content (AvgIpc) is 3.38. The van der Waals surface area contributed by atoms with Crippen LogP contribution in [0.1, 0.15) is 87.8 Å². The SMILES string of the molecule is C=C(c1cc(C2CC2)c(CCC2CCC3CC2C3(C)C)cc1F)N1CCCC1. The molecular weight excluding hydrogens is 345 g/mol. The van der Waals surface area contributed by atoms with E-state index >= 15 is 4.39 Å². The van der Waals surface area contributed by atoms with Crippen molar-refractivity contribution in [1.82, 2.24) is 4.90 Å². The van der Waals surface area contributed by atoms with Crippen LogP contribution >= 0.6 is 0 Å². The van der Waals surface area contributed by atoms with Crippen LogP contribution in [0.4, 0.5) is 4.39 Å². The van der Waals surface area contributed by atoms with Crippen molar-refractivity contribution in [2.24, 2.45) is 23.2 Å². The molecule has 0 aromatic heterocycles. The molecule has 0 spiro atoms. The number of rotatable bonds is 6. The van der Waals surface area contributed by atoms with E-state index < -0.39 is 0 Å². The number of hydrogen-bond acceptors (Lipinski definition) is 1. The molecule has 0 amide bonds. The molecule has 3 atom stereocenters. The highest BCUT2D eigenvalue weighted by Crippen LogP contribution is 2.62. The second-order valence-corrected chi connectivity index (χ2v) is 10.7. The maximum absolute atomic E-state index is 15.1. The van der Waals surface area contributed by atoms with Gasteiger partial charge in [0.1, 0.15) is 5.82 Å². The molecule has 1 aliphatic heterocycles. The molecule has 1 aromatic rings. The zero-order chi connectivity index (χ0) is 19.5. The van der Waals surface area contributed by atoms with Gasteiger partial charge in [-0.3, -0.25) is 0 Å². The third kappa shape index (κ3) is 3.12. The highest BCUT2D eigenvalue weighted by molar-refractivity contribution is 5.64. The van der Waals surface area contributed by atoms with Crippen molar-refractivity contribution in [3.8, 4) is 0 Å². The molecule has 1 nitrogen and oxygen atoms in total. The van der Waals surface area contributed by atoms with E-state index in [0.29, 0.717) is 11.3 Å². The molecule has 28 heavy (non-hydrogen) atoms. The third-order valence-electron chi connectivity index (χ3n) is 8.83. The molecule has 152 valence electrons. The van der Waals surface area contributed by atoms with Gasteiger partial charge in [0.05, 0.1) is 0 Å². The first-order chi connectivity index (χ1) is 13.4. The van der Waals surface area contributed by atoms with Crippen molar-refractivity contribution in [2.75, 3.05) is 13.1 Å². The Morgan fingerprint density at radius 1 is 1.14 bits per heavy atom. The second-order valence-electron chi connectivity index (χ2n) is 10.7. The molecule has 6 rings (SSSR count). The number of halogens is 1. The second kappa shape index (κ2) is 6.89. The van der Waals surface area contributed by atoms with Gasteiger partial charge in [0.15, 0.2) is 0 Å². The number of aryl methyl sites for hydroxylation is 1. The normalized spacial score (nSPS) is 31.0.